The van der Waals surface area contributed by atoms with Crippen molar-refractivity contribution < 1.29 is 9.84 Å². The summed E-state index contributed by atoms with van der Waals surface area (Å²) in [6, 6.07) is 0. The topological polar surface area (TPSA) is 119 Å². The predicted octanol–water partition coefficient (Wildman–Crippen LogP) is -0.384. The number of rotatable bonds is 1. The largest absolute Gasteiger partial charge is 0.390 e. The Labute approximate surface area is 108 Å². The summed E-state index contributed by atoms with van der Waals surface area (Å²) in [5, 5.41) is 9.94. The zero-order valence-corrected chi connectivity index (χ0v) is 10.6. The second-order valence-corrected chi connectivity index (χ2v) is 4.86. The minimum atomic E-state index is -0.568. The van der Waals surface area contributed by atoms with Gasteiger partial charge in [0, 0.05) is 5.92 Å². The van der Waals surface area contributed by atoms with Crippen LogP contribution in [0.5, 0.6) is 0 Å². The van der Waals surface area contributed by atoms with Crippen molar-refractivity contribution in [3.05, 3.63) is 16.7 Å². The Morgan fingerprint density at radius 3 is 2.89 bits per heavy atom. The maximum atomic E-state index is 11.7. The number of anilines is 1. The number of ether oxygens (including phenoxy) is 1. The van der Waals surface area contributed by atoms with Crippen LogP contribution in [0.25, 0.3) is 11.2 Å². The predicted molar refractivity (Wildman–Crippen MR) is 67.3 cm³/mol. The molecule has 0 saturated carbocycles. The molecule has 0 radical (unpaired) electrons. The highest BCUT2D eigenvalue weighted by Crippen LogP contribution is 2.35. The first-order chi connectivity index (χ1) is 8.99. The minimum Gasteiger partial charge on any atom is -0.390 e. The van der Waals surface area contributed by atoms with E-state index in [1.807, 2.05) is 6.92 Å². The van der Waals surface area contributed by atoms with Crippen LogP contribution < -0.4 is 11.3 Å². The highest BCUT2D eigenvalue weighted by molar-refractivity contribution is 5.70. The van der Waals surface area contributed by atoms with Crippen molar-refractivity contribution in [2.75, 3.05) is 5.73 Å². The van der Waals surface area contributed by atoms with Crippen molar-refractivity contribution >= 4 is 17.1 Å². The lowest BCUT2D eigenvalue weighted by Gasteiger charge is -2.17. The Balaban J connectivity index is 2.14. The molecule has 4 N–H and O–H groups in total. The normalized spacial score (nSPS) is 31.1. The Hall–Kier alpha value is -1.93. The second-order valence-electron chi connectivity index (χ2n) is 4.86. The van der Waals surface area contributed by atoms with Gasteiger partial charge in [-0.15, -0.1) is 0 Å². The van der Waals surface area contributed by atoms with Crippen LogP contribution in [0.15, 0.2) is 11.1 Å². The smallest absolute Gasteiger partial charge is 0.280 e. The first-order valence-corrected chi connectivity index (χ1v) is 6.05. The van der Waals surface area contributed by atoms with E-state index in [0.29, 0.717) is 5.65 Å². The minimum absolute atomic E-state index is 0.0264. The number of aromatic amines is 1. The number of aromatic nitrogens is 4. The molecule has 3 rings (SSSR count). The van der Waals surface area contributed by atoms with Gasteiger partial charge in [-0.05, 0) is 6.92 Å². The van der Waals surface area contributed by atoms with Gasteiger partial charge in [0.05, 0.1) is 18.5 Å². The summed E-state index contributed by atoms with van der Waals surface area (Å²) in [6.45, 7) is 3.68. The van der Waals surface area contributed by atoms with Crippen LogP contribution in [0.1, 0.15) is 20.1 Å². The average molecular weight is 265 g/mol. The van der Waals surface area contributed by atoms with Crippen LogP contribution in [0.4, 0.5) is 5.95 Å². The van der Waals surface area contributed by atoms with Crippen molar-refractivity contribution in [2.45, 2.75) is 32.3 Å². The summed E-state index contributed by atoms with van der Waals surface area (Å²) in [5.41, 5.74) is 5.72. The molecule has 1 saturated heterocycles. The van der Waals surface area contributed by atoms with E-state index < -0.39 is 12.3 Å². The first kappa shape index (κ1) is 12.1. The van der Waals surface area contributed by atoms with Crippen molar-refractivity contribution in [1.82, 2.24) is 19.5 Å². The molecule has 8 nitrogen and oxygen atoms in total. The third-order valence-electron chi connectivity index (χ3n) is 3.55. The molecular weight excluding hydrogens is 250 g/mol. The van der Waals surface area contributed by atoms with Crippen molar-refractivity contribution in [1.29, 1.82) is 0 Å². The fraction of sp³-hybridized carbons (Fsp3) is 0.545. The van der Waals surface area contributed by atoms with Gasteiger partial charge in [0.25, 0.3) is 5.56 Å². The molecule has 1 aliphatic heterocycles. The Kier molecular flexibility index (Phi) is 2.58. The van der Waals surface area contributed by atoms with E-state index in [2.05, 4.69) is 15.0 Å². The van der Waals surface area contributed by atoms with E-state index in [1.165, 1.54) is 6.33 Å². The van der Waals surface area contributed by atoms with E-state index in [-0.39, 0.29) is 29.0 Å². The molecule has 1 fully saturated rings. The molecule has 1 aliphatic rings. The molecular formula is C11H15N5O3. The van der Waals surface area contributed by atoms with E-state index in [1.54, 1.807) is 11.5 Å². The van der Waals surface area contributed by atoms with Gasteiger partial charge < -0.3 is 15.6 Å². The van der Waals surface area contributed by atoms with Crippen LogP contribution in [0.2, 0.25) is 0 Å². The monoisotopic (exact) mass is 265 g/mol. The fourth-order valence-corrected chi connectivity index (χ4v) is 2.47. The van der Waals surface area contributed by atoms with Gasteiger partial charge >= 0.3 is 0 Å². The van der Waals surface area contributed by atoms with Crippen molar-refractivity contribution in [2.24, 2.45) is 5.92 Å². The maximum absolute atomic E-state index is 11.7. The van der Waals surface area contributed by atoms with Gasteiger partial charge in [-0.1, -0.05) is 6.92 Å². The third kappa shape index (κ3) is 1.71. The number of nitrogens with one attached hydrogen (secondary N) is 1. The zero-order valence-electron chi connectivity index (χ0n) is 10.6. The van der Waals surface area contributed by atoms with E-state index in [9.17, 15) is 9.90 Å². The lowest BCUT2D eigenvalue weighted by atomic mass is 10.0. The average Bonchev–Trinajstić information content (AvgIpc) is 2.86. The number of hydrogen-bond donors (Lipinski definition) is 3. The van der Waals surface area contributed by atoms with Crippen LogP contribution >= 0.6 is 0 Å². The SMILES string of the molecule is CC1OC(n2cnc3c(=O)[nH]c(N)nc32)C(C)C1O. The zero-order chi connectivity index (χ0) is 13.7. The second kappa shape index (κ2) is 4.04. The summed E-state index contributed by atoms with van der Waals surface area (Å²) >= 11 is 0. The van der Waals surface area contributed by atoms with Gasteiger partial charge in [-0.25, -0.2) is 4.98 Å². The fourth-order valence-electron chi connectivity index (χ4n) is 2.47. The summed E-state index contributed by atoms with van der Waals surface area (Å²) in [7, 11) is 0. The van der Waals surface area contributed by atoms with Crippen molar-refractivity contribution in [3.63, 3.8) is 0 Å². The number of H-pyrrole nitrogens is 1. The molecule has 0 aromatic carbocycles. The number of nitrogens with two attached hydrogens (primary N) is 1. The van der Waals surface area contributed by atoms with Gasteiger partial charge in [0.1, 0.15) is 6.23 Å². The first-order valence-electron chi connectivity index (χ1n) is 6.05. The highest BCUT2D eigenvalue weighted by atomic mass is 16.5. The number of imidazole rings is 1. The molecule has 2 aromatic rings. The summed E-state index contributed by atoms with van der Waals surface area (Å²) in [4.78, 5) is 22.2. The van der Waals surface area contributed by atoms with E-state index in [0.717, 1.165) is 0 Å². The molecule has 0 spiro atoms. The summed E-state index contributed by atoms with van der Waals surface area (Å²) < 4.78 is 7.34. The quantitative estimate of drug-likeness (QED) is 0.646. The lowest BCUT2D eigenvalue weighted by Crippen LogP contribution is -2.23. The van der Waals surface area contributed by atoms with E-state index >= 15 is 0 Å². The molecule has 0 amide bonds. The van der Waals surface area contributed by atoms with Crippen LogP contribution in [-0.2, 0) is 4.74 Å². The molecule has 4 atom stereocenters. The van der Waals surface area contributed by atoms with Crippen LogP contribution in [-0.4, -0.2) is 36.8 Å². The lowest BCUT2D eigenvalue weighted by molar-refractivity contribution is -0.00992. The molecule has 19 heavy (non-hydrogen) atoms. The molecule has 102 valence electrons. The van der Waals surface area contributed by atoms with Gasteiger partial charge in [0.2, 0.25) is 5.95 Å². The van der Waals surface area contributed by atoms with Crippen molar-refractivity contribution in [3.8, 4) is 0 Å². The maximum Gasteiger partial charge on any atom is 0.280 e. The number of hydrogen-bond acceptors (Lipinski definition) is 6. The Bertz CT molecular complexity index is 679. The molecule has 4 unspecified atom stereocenters. The molecule has 8 heteroatoms. The van der Waals surface area contributed by atoms with Crippen LogP contribution in [0.3, 0.4) is 0 Å². The molecule has 3 heterocycles. The standard InChI is InChI=1S/C11H15N5O3/c1-4-7(17)5(2)19-10(4)16-3-13-6-8(16)14-11(12)15-9(6)18/h3-5,7,10,17H,1-2H3,(H3,12,14,15,18). The number of aliphatic hydroxyl groups is 1. The van der Waals surface area contributed by atoms with E-state index in [4.69, 9.17) is 10.5 Å². The Morgan fingerprint density at radius 1 is 1.53 bits per heavy atom. The highest BCUT2D eigenvalue weighted by Gasteiger charge is 2.40. The summed E-state index contributed by atoms with van der Waals surface area (Å²) in [5.74, 6) is -0.104. The molecule has 2 aromatic heterocycles. The van der Waals surface area contributed by atoms with Gasteiger partial charge in [0.15, 0.2) is 11.2 Å². The van der Waals surface area contributed by atoms with Gasteiger partial charge in [-0.3, -0.25) is 14.3 Å². The third-order valence-corrected chi connectivity index (χ3v) is 3.55. The molecule has 0 bridgehead atoms. The Morgan fingerprint density at radius 2 is 2.26 bits per heavy atom. The van der Waals surface area contributed by atoms with Crippen LogP contribution in [0, 0.1) is 5.92 Å². The molecule has 0 aliphatic carbocycles. The van der Waals surface area contributed by atoms with Gasteiger partial charge in [-0.2, -0.15) is 4.98 Å². The number of nitrogens with zero attached hydrogens (tertiary/aromatic N) is 3. The number of aliphatic hydroxyl groups excluding tert-OH is 1. The number of fused-ring (bicyclic) bond motifs is 1. The summed E-state index contributed by atoms with van der Waals surface area (Å²) in [6.07, 6.45) is 0.223. The number of nitrogen functional groups attached to an aromatic ring is 1.